The second kappa shape index (κ2) is 8.62. The number of ketones is 1. The average Bonchev–Trinajstić information content (AvgIpc) is 3.26. The summed E-state index contributed by atoms with van der Waals surface area (Å²) in [5, 5.41) is 30.8. The zero-order valence-corrected chi connectivity index (χ0v) is 16.0. The SMILES string of the molecule is N#CCn1ccc(C(=O)c2cncnc2N[C@@H]2C[C@H](COS(N)(=O)=O)[C@@H](O)C2)n1. The van der Waals surface area contributed by atoms with Crippen molar-refractivity contribution >= 4 is 21.9 Å². The summed E-state index contributed by atoms with van der Waals surface area (Å²) in [7, 11) is -4.09. The predicted molar refractivity (Wildman–Crippen MR) is 98.5 cm³/mol. The summed E-state index contributed by atoms with van der Waals surface area (Å²) in [4.78, 5) is 20.8. The van der Waals surface area contributed by atoms with Gasteiger partial charge in [0.05, 0.1) is 24.3 Å². The van der Waals surface area contributed by atoms with Crippen molar-refractivity contribution in [3.05, 3.63) is 36.0 Å². The van der Waals surface area contributed by atoms with Gasteiger partial charge in [0.2, 0.25) is 5.78 Å². The first-order valence-electron chi connectivity index (χ1n) is 8.63. The molecule has 2 heterocycles. The van der Waals surface area contributed by atoms with Gasteiger partial charge in [0.1, 0.15) is 24.4 Å². The molecule has 0 saturated heterocycles. The lowest BCUT2D eigenvalue weighted by atomic mass is 10.1. The maximum absolute atomic E-state index is 12.8. The van der Waals surface area contributed by atoms with Crippen molar-refractivity contribution < 1.29 is 22.5 Å². The van der Waals surface area contributed by atoms with Gasteiger partial charge in [-0.15, -0.1) is 0 Å². The van der Waals surface area contributed by atoms with Gasteiger partial charge in [0.25, 0.3) is 0 Å². The number of carbonyl (C=O) groups excluding carboxylic acids is 1. The van der Waals surface area contributed by atoms with Crippen LogP contribution in [0.4, 0.5) is 5.82 Å². The Morgan fingerprint density at radius 3 is 3.00 bits per heavy atom. The first-order valence-corrected chi connectivity index (χ1v) is 10.1. The fraction of sp³-hybridized carbons (Fsp3) is 0.438. The van der Waals surface area contributed by atoms with Crippen LogP contribution in [0.2, 0.25) is 0 Å². The van der Waals surface area contributed by atoms with Gasteiger partial charge in [-0.3, -0.25) is 13.7 Å². The molecule has 0 spiro atoms. The van der Waals surface area contributed by atoms with Crippen LogP contribution < -0.4 is 10.5 Å². The van der Waals surface area contributed by atoms with Gasteiger partial charge in [-0.25, -0.2) is 15.1 Å². The third kappa shape index (κ3) is 5.33. The number of nitrogens with one attached hydrogen (secondary N) is 1. The van der Waals surface area contributed by atoms with Crippen LogP contribution in [-0.2, 0) is 21.0 Å². The van der Waals surface area contributed by atoms with Crippen LogP contribution in [0.3, 0.4) is 0 Å². The molecule has 0 unspecified atom stereocenters. The van der Waals surface area contributed by atoms with Crippen molar-refractivity contribution in [1.82, 2.24) is 19.7 Å². The molecule has 4 N–H and O–H groups in total. The van der Waals surface area contributed by atoms with Crippen molar-refractivity contribution in [2.75, 3.05) is 11.9 Å². The van der Waals surface area contributed by atoms with E-state index in [0.717, 1.165) is 0 Å². The Hall–Kier alpha value is -2.92. The summed E-state index contributed by atoms with van der Waals surface area (Å²) in [6.07, 6.45) is 4.07. The lowest BCUT2D eigenvalue weighted by Gasteiger charge is -2.15. The second-order valence-electron chi connectivity index (χ2n) is 6.59. The minimum Gasteiger partial charge on any atom is -0.393 e. The van der Waals surface area contributed by atoms with Crippen molar-refractivity contribution in [2.45, 2.75) is 31.5 Å². The number of rotatable bonds is 8. The zero-order valence-electron chi connectivity index (χ0n) is 15.2. The van der Waals surface area contributed by atoms with Crippen LogP contribution in [0.1, 0.15) is 28.9 Å². The van der Waals surface area contributed by atoms with Crippen molar-refractivity contribution in [3.8, 4) is 6.07 Å². The van der Waals surface area contributed by atoms with E-state index >= 15 is 0 Å². The summed E-state index contributed by atoms with van der Waals surface area (Å²) in [5.41, 5.74) is 0.331. The Kier molecular flexibility index (Phi) is 6.18. The molecule has 29 heavy (non-hydrogen) atoms. The smallest absolute Gasteiger partial charge is 0.333 e. The number of hydrogen-bond acceptors (Lipinski definition) is 10. The molecule has 3 rings (SSSR count). The molecule has 1 aliphatic carbocycles. The van der Waals surface area contributed by atoms with E-state index in [9.17, 15) is 18.3 Å². The molecule has 0 aromatic carbocycles. The monoisotopic (exact) mass is 421 g/mol. The lowest BCUT2D eigenvalue weighted by molar-refractivity contribution is 0.101. The van der Waals surface area contributed by atoms with E-state index in [0.29, 0.717) is 12.8 Å². The van der Waals surface area contributed by atoms with Crippen LogP contribution in [0.5, 0.6) is 0 Å². The standard InChI is InChI=1S/C16H19N7O5S/c17-2-4-23-3-1-13(22-23)15(25)12-7-19-9-20-16(12)21-11-5-10(14(24)6-11)8-28-29(18,26)27/h1,3,7,9-11,14,24H,4-6,8H2,(H2,18,26,27)(H,19,20,21)/t10-,11-,14+/m1/s1. The minimum absolute atomic E-state index is 0.0195. The van der Waals surface area contributed by atoms with E-state index in [1.807, 2.05) is 6.07 Å². The number of hydrogen-bond donors (Lipinski definition) is 3. The highest BCUT2D eigenvalue weighted by Gasteiger charge is 2.34. The molecule has 154 valence electrons. The highest BCUT2D eigenvalue weighted by Crippen LogP contribution is 2.29. The molecule has 0 bridgehead atoms. The Morgan fingerprint density at radius 1 is 1.48 bits per heavy atom. The average molecular weight is 421 g/mol. The third-order valence-corrected chi connectivity index (χ3v) is 4.97. The van der Waals surface area contributed by atoms with E-state index in [-0.39, 0.29) is 36.3 Å². The highest BCUT2D eigenvalue weighted by molar-refractivity contribution is 7.84. The number of aliphatic hydroxyl groups is 1. The number of carbonyl (C=O) groups is 1. The van der Waals surface area contributed by atoms with E-state index < -0.39 is 28.1 Å². The Bertz CT molecular complexity index is 1030. The molecule has 3 atom stereocenters. The fourth-order valence-electron chi connectivity index (χ4n) is 3.17. The van der Waals surface area contributed by atoms with Crippen molar-refractivity contribution in [1.29, 1.82) is 5.26 Å². The maximum Gasteiger partial charge on any atom is 0.333 e. The number of anilines is 1. The zero-order chi connectivity index (χ0) is 21.0. The Morgan fingerprint density at radius 2 is 2.28 bits per heavy atom. The van der Waals surface area contributed by atoms with Crippen molar-refractivity contribution in [2.24, 2.45) is 11.1 Å². The number of nitrogens with two attached hydrogens (primary N) is 1. The number of nitriles is 1. The van der Waals surface area contributed by atoms with Crippen LogP contribution in [-0.4, -0.2) is 57.8 Å². The van der Waals surface area contributed by atoms with Gasteiger partial charge in [-0.1, -0.05) is 0 Å². The largest absolute Gasteiger partial charge is 0.393 e. The number of aliphatic hydroxyl groups excluding tert-OH is 1. The summed E-state index contributed by atoms with van der Waals surface area (Å²) in [5.74, 6) is -0.587. The Labute approximate surface area is 166 Å². The molecule has 0 aliphatic heterocycles. The van der Waals surface area contributed by atoms with Crippen molar-refractivity contribution in [3.63, 3.8) is 0 Å². The first kappa shape index (κ1) is 20.8. The van der Waals surface area contributed by atoms with E-state index in [2.05, 4.69) is 24.6 Å². The van der Waals surface area contributed by atoms with E-state index in [1.54, 1.807) is 0 Å². The molecule has 2 aromatic rings. The topological polar surface area (TPSA) is 186 Å². The van der Waals surface area contributed by atoms with Gasteiger partial charge in [0, 0.05) is 24.4 Å². The molecular weight excluding hydrogens is 402 g/mol. The van der Waals surface area contributed by atoms with Crippen LogP contribution in [0, 0.1) is 17.2 Å². The molecule has 1 aliphatic rings. The summed E-state index contributed by atoms with van der Waals surface area (Å²) in [6, 6.07) is 3.17. The molecule has 0 amide bonds. The summed E-state index contributed by atoms with van der Waals surface area (Å²) < 4.78 is 27.8. The minimum atomic E-state index is -4.09. The maximum atomic E-state index is 12.8. The predicted octanol–water partition coefficient (Wildman–Crippen LogP) is -0.801. The molecule has 1 saturated carbocycles. The number of aromatic nitrogens is 4. The molecular formula is C16H19N7O5S. The molecule has 1 fully saturated rings. The highest BCUT2D eigenvalue weighted by atomic mass is 32.2. The van der Waals surface area contributed by atoms with Gasteiger partial charge >= 0.3 is 10.3 Å². The van der Waals surface area contributed by atoms with Crippen LogP contribution in [0.25, 0.3) is 0 Å². The fourth-order valence-corrected chi connectivity index (χ4v) is 3.53. The Balaban J connectivity index is 1.71. The lowest BCUT2D eigenvalue weighted by Crippen LogP contribution is -2.24. The molecule has 13 heteroatoms. The van der Waals surface area contributed by atoms with E-state index in [1.165, 1.54) is 29.5 Å². The number of nitrogens with zero attached hydrogens (tertiary/aromatic N) is 5. The molecule has 0 radical (unpaired) electrons. The summed E-state index contributed by atoms with van der Waals surface area (Å²) >= 11 is 0. The van der Waals surface area contributed by atoms with Crippen LogP contribution in [0.15, 0.2) is 24.8 Å². The second-order valence-corrected chi connectivity index (χ2v) is 7.81. The van der Waals surface area contributed by atoms with Gasteiger partial charge in [0.15, 0.2) is 0 Å². The van der Waals surface area contributed by atoms with Crippen LogP contribution >= 0.6 is 0 Å². The third-order valence-electron chi connectivity index (χ3n) is 4.51. The summed E-state index contributed by atoms with van der Waals surface area (Å²) in [6.45, 7) is -0.213. The van der Waals surface area contributed by atoms with Gasteiger partial charge in [-0.2, -0.15) is 18.8 Å². The first-order chi connectivity index (χ1) is 13.8. The normalized spacial score (nSPS) is 21.6. The molecule has 12 nitrogen and oxygen atoms in total. The quantitative estimate of drug-likeness (QED) is 0.455. The van der Waals surface area contributed by atoms with Gasteiger partial charge in [-0.05, 0) is 18.9 Å². The van der Waals surface area contributed by atoms with Gasteiger partial charge < -0.3 is 10.4 Å². The molecule has 2 aromatic heterocycles. The van der Waals surface area contributed by atoms with E-state index in [4.69, 9.17) is 10.4 Å².